The Bertz CT molecular complexity index is 748. The molecule has 0 aliphatic heterocycles. The number of hydrogen-bond donors (Lipinski definition) is 1. The summed E-state index contributed by atoms with van der Waals surface area (Å²) < 4.78 is 0. The van der Waals surface area contributed by atoms with Crippen LogP contribution in [0.15, 0.2) is 18.5 Å². The molecule has 1 aliphatic carbocycles. The summed E-state index contributed by atoms with van der Waals surface area (Å²) in [5.41, 5.74) is 1.14. The number of nitrogens with zero attached hydrogens (tertiary/aromatic N) is 3. The van der Waals surface area contributed by atoms with Crippen LogP contribution in [0.2, 0.25) is 0 Å². The predicted octanol–water partition coefficient (Wildman–Crippen LogP) is 4.63. The van der Waals surface area contributed by atoms with Gasteiger partial charge in [0.25, 0.3) is 5.91 Å². The highest BCUT2D eigenvalue weighted by atomic mass is 32.1. The molecule has 1 aliphatic rings. The van der Waals surface area contributed by atoms with Gasteiger partial charge in [0.05, 0.1) is 5.69 Å². The molecule has 0 aromatic carbocycles. The quantitative estimate of drug-likeness (QED) is 0.830. The van der Waals surface area contributed by atoms with Crippen LogP contribution >= 0.6 is 11.3 Å². The summed E-state index contributed by atoms with van der Waals surface area (Å²) >= 11 is 1.37. The van der Waals surface area contributed by atoms with Gasteiger partial charge in [-0.2, -0.15) is 0 Å². The number of thiazole rings is 1. The molecule has 6 heteroatoms. The number of aromatic nitrogens is 3. The number of hydrogen-bond acceptors (Lipinski definition) is 5. The molecule has 2 aromatic rings. The van der Waals surface area contributed by atoms with E-state index < -0.39 is 0 Å². The molecular formula is C20H28N4OS. The molecule has 1 fully saturated rings. The Morgan fingerprint density at radius 3 is 2.50 bits per heavy atom. The predicted molar refractivity (Wildman–Crippen MR) is 105 cm³/mol. The number of carbonyl (C=O) groups is 1. The molecule has 1 N–H and O–H groups in total. The van der Waals surface area contributed by atoms with Gasteiger partial charge in [-0.05, 0) is 50.0 Å². The van der Waals surface area contributed by atoms with Crippen molar-refractivity contribution in [1.29, 1.82) is 0 Å². The van der Waals surface area contributed by atoms with Gasteiger partial charge in [0, 0.05) is 18.4 Å². The van der Waals surface area contributed by atoms with Gasteiger partial charge in [-0.15, -0.1) is 11.3 Å². The van der Waals surface area contributed by atoms with Gasteiger partial charge in [-0.25, -0.2) is 15.0 Å². The van der Waals surface area contributed by atoms with E-state index in [0.29, 0.717) is 21.1 Å². The number of amides is 1. The lowest BCUT2D eigenvalue weighted by molar-refractivity contribution is 0.0896. The average molecular weight is 373 g/mol. The summed E-state index contributed by atoms with van der Waals surface area (Å²) in [6, 6.07) is 2.04. The maximum atomic E-state index is 12.7. The maximum absolute atomic E-state index is 12.7. The molecule has 3 rings (SSSR count). The second kappa shape index (κ2) is 7.82. The molecule has 0 saturated heterocycles. The van der Waals surface area contributed by atoms with Crippen molar-refractivity contribution in [3.8, 4) is 10.8 Å². The van der Waals surface area contributed by atoms with E-state index in [9.17, 15) is 4.79 Å². The van der Waals surface area contributed by atoms with Crippen molar-refractivity contribution >= 4 is 17.2 Å². The molecule has 2 aromatic heterocycles. The SMILES string of the molecule is CCC(C)(C)C1CCC(NC(=O)c2sc(-c3ncccn3)nc2C)CC1. The Morgan fingerprint density at radius 2 is 1.88 bits per heavy atom. The van der Waals surface area contributed by atoms with Crippen LogP contribution in [-0.4, -0.2) is 26.9 Å². The van der Waals surface area contributed by atoms with Crippen molar-refractivity contribution in [3.05, 3.63) is 29.0 Å². The number of rotatable bonds is 5. The topological polar surface area (TPSA) is 67.8 Å². The van der Waals surface area contributed by atoms with Crippen molar-refractivity contribution in [3.63, 3.8) is 0 Å². The average Bonchev–Trinajstić information content (AvgIpc) is 3.05. The van der Waals surface area contributed by atoms with Gasteiger partial charge in [-0.1, -0.05) is 27.2 Å². The second-order valence-electron chi connectivity index (χ2n) is 7.87. The van der Waals surface area contributed by atoms with Gasteiger partial charge in [0.2, 0.25) is 0 Å². The standard InChI is InChI=1S/C20H28N4OS/c1-5-20(3,4)14-7-9-15(10-8-14)24-18(25)16-13(2)23-19(26-16)17-21-11-6-12-22-17/h6,11-12,14-15H,5,7-10H2,1-4H3,(H,24,25). The van der Waals surface area contributed by atoms with E-state index >= 15 is 0 Å². The smallest absolute Gasteiger partial charge is 0.263 e. The Kier molecular flexibility index (Phi) is 5.70. The molecule has 1 amide bonds. The molecule has 0 unspecified atom stereocenters. The third-order valence-corrected chi connectivity index (χ3v) is 6.99. The minimum atomic E-state index is -0.0135. The van der Waals surface area contributed by atoms with E-state index in [4.69, 9.17) is 0 Å². The summed E-state index contributed by atoms with van der Waals surface area (Å²) in [5, 5.41) is 3.92. The third kappa shape index (κ3) is 4.11. The maximum Gasteiger partial charge on any atom is 0.263 e. The Balaban J connectivity index is 1.62. The molecule has 5 nitrogen and oxygen atoms in total. The summed E-state index contributed by atoms with van der Waals surface area (Å²) in [7, 11) is 0. The van der Waals surface area contributed by atoms with E-state index in [-0.39, 0.29) is 11.9 Å². The van der Waals surface area contributed by atoms with Crippen LogP contribution in [0.4, 0.5) is 0 Å². The van der Waals surface area contributed by atoms with Crippen LogP contribution in [0.25, 0.3) is 10.8 Å². The molecule has 0 spiro atoms. The van der Waals surface area contributed by atoms with Gasteiger partial charge in [0.15, 0.2) is 10.8 Å². The Morgan fingerprint density at radius 1 is 1.23 bits per heavy atom. The fourth-order valence-electron chi connectivity index (χ4n) is 3.67. The van der Waals surface area contributed by atoms with Gasteiger partial charge < -0.3 is 5.32 Å². The van der Waals surface area contributed by atoms with Crippen LogP contribution in [0.3, 0.4) is 0 Å². The zero-order chi connectivity index (χ0) is 18.7. The third-order valence-electron chi connectivity index (χ3n) is 5.84. The first kappa shape index (κ1) is 19.0. The first-order valence-electron chi connectivity index (χ1n) is 9.46. The van der Waals surface area contributed by atoms with Crippen molar-refractivity contribution in [2.75, 3.05) is 0 Å². The highest BCUT2D eigenvalue weighted by Crippen LogP contribution is 2.40. The summed E-state index contributed by atoms with van der Waals surface area (Å²) in [6.07, 6.45) is 9.09. The van der Waals surface area contributed by atoms with Crippen LogP contribution < -0.4 is 5.32 Å². The highest BCUT2D eigenvalue weighted by molar-refractivity contribution is 7.17. The van der Waals surface area contributed by atoms with E-state index in [1.165, 1.54) is 30.6 Å². The minimum Gasteiger partial charge on any atom is -0.349 e. The molecule has 140 valence electrons. The van der Waals surface area contributed by atoms with Crippen LogP contribution in [-0.2, 0) is 0 Å². The Hall–Kier alpha value is -1.82. The first-order valence-corrected chi connectivity index (χ1v) is 10.3. The fraction of sp³-hybridized carbons (Fsp3) is 0.600. The van der Waals surface area contributed by atoms with E-state index in [1.54, 1.807) is 18.5 Å². The van der Waals surface area contributed by atoms with Gasteiger partial charge >= 0.3 is 0 Å². The van der Waals surface area contributed by atoms with E-state index in [2.05, 4.69) is 41.0 Å². The lowest BCUT2D eigenvalue weighted by Gasteiger charge is -2.39. The van der Waals surface area contributed by atoms with Crippen LogP contribution in [0.5, 0.6) is 0 Å². The van der Waals surface area contributed by atoms with Crippen LogP contribution in [0.1, 0.15) is 68.2 Å². The molecule has 0 radical (unpaired) electrons. The minimum absolute atomic E-state index is 0.0135. The molecule has 2 heterocycles. The van der Waals surface area contributed by atoms with Crippen LogP contribution in [0, 0.1) is 18.3 Å². The second-order valence-corrected chi connectivity index (χ2v) is 8.87. The molecule has 0 atom stereocenters. The monoisotopic (exact) mass is 372 g/mol. The van der Waals surface area contributed by atoms with E-state index in [0.717, 1.165) is 24.5 Å². The van der Waals surface area contributed by atoms with Crippen molar-refractivity contribution < 1.29 is 4.79 Å². The van der Waals surface area contributed by atoms with Gasteiger partial charge in [0.1, 0.15) is 4.88 Å². The number of carbonyl (C=O) groups excluding carboxylic acids is 1. The van der Waals surface area contributed by atoms with E-state index in [1.807, 2.05) is 6.92 Å². The summed E-state index contributed by atoms with van der Waals surface area (Å²) in [6.45, 7) is 8.88. The zero-order valence-corrected chi connectivity index (χ0v) is 16.9. The lowest BCUT2D eigenvalue weighted by atomic mass is 9.69. The summed E-state index contributed by atoms with van der Waals surface area (Å²) in [4.78, 5) is 26.3. The normalized spacial score (nSPS) is 20.8. The zero-order valence-electron chi connectivity index (χ0n) is 16.1. The Labute approximate surface area is 159 Å². The first-order chi connectivity index (χ1) is 12.4. The van der Waals surface area contributed by atoms with Crippen molar-refractivity contribution in [2.45, 2.75) is 65.8 Å². The summed E-state index contributed by atoms with van der Waals surface area (Å²) in [5.74, 6) is 1.31. The molecule has 1 saturated carbocycles. The van der Waals surface area contributed by atoms with Gasteiger partial charge in [-0.3, -0.25) is 4.79 Å². The number of nitrogens with one attached hydrogen (secondary N) is 1. The highest BCUT2D eigenvalue weighted by Gasteiger charge is 2.32. The van der Waals surface area contributed by atoms with Crippen molar-refractivity contribution in [1.82, 2.24) is 20.3 Å². The fourth-order valence-corrected chi connectivity index (χ4v) is 4.59. The lowest BCUT2D eigenvalue weighted by Crippen LogP contribution is -2.39. The molecular weight excluding hydrogens is 344 g/mol. The molecule has 0 bridgehead atoms. The largest absolute Gasteiger partial charge is 0.349 e. The molecule has 26 heavy (non-hydrogen) atoms. The number of aryl methyl sites for hydroxylation is 1. The van der Waals surface area contributed by atoms with Crippen molar-refractivity contribution in [2.24, 2.45) is 11.3 Å².